The summed E-state index contributed by atoms with van der Waals surface area (Å²) in [7, 11) is 0. The van der Waals surface area contributed by atoms with Crippen molar-refractivity contribution in [2.45, 2.75) is 86.5 Å². The van der Waals surface area contributed by atoms with Gasteiger partial charge in [-0.25, -0.2) is 0 Å². The molecule has 1 heteroatoms. The van der Waals surface area contributed by atoms with Gasteiger partial charge in [-0.15, -0.1) is 0 Å². The summed E-state index contributed by atoms with van der Waals surface area (Å²) in [4.78, 5) is 0. The van der Waals surface area contributed by atoms with Gasteiger partial charge in [0, 0.05) is 0 Å². The third-order valence-corrected chi connectivity index (χ3v) is 13.4. The molecule has 0 aromatic heterocycles. The first-order chi connectivity index (χ1) is 7.35. The minimum atomic E-state index is -0.967. The van der Waals surface area contributed by atoms with E-state index in [-0.39, 0.29) is 0 Å². The fraction of sp³-hybridized carbons (Fsp3) is 1.00. The Morgan fingerprint density at radius 2 is 0.867 bits per heavy atom. The molecule has 0 saturated carbocycles. The molecule has 0 spiro atoms. The number of hydrogen-bond donors (Lipinski definition) is 0. The quantitative estimate of drug-likeness (QED) is 0.482. The fourth-order valence-electron chi connectivity index (χ4n) is 1.91. The molecule has 15 heavy (non-hydrogen) atoms. The molecular formula is C14H34Sn. The van der Waals surface area contributed by atoms with Crippen LogP contribution in [0.15, 0.2) is 0 Å². The van der Waals surface area contributed by atoms with Crippen LogP contribution in [0.2, 0.25) is 13.3 Å². The fourth-order valence-corrected chi connectivity index (χ4v) is 12.8. The van der Waals surface area contributed by atoms with E-state index in [0.717, 1.165) is 0 Å². The van der Waals surface area contributed by atoms with Gasteiger partial charge >= 0.3 is 92.4 Å². The molecule has 0 aliphatic rings. The molecule has 0 bridgehead atoms. The second-order valence-electron chi connectivity index (χ2n) is 4.29. The first-order valence-electron chi connectivity index (χ1n) is 7.35. The van der Waals surface area contributed by atoms with E-state index in [1.165, 1.54) is 38.5 Å². The van der Waals surface area contributed by atoms with Gasteiger partial charge in [-0.3, -0.25) is 0 Å². The summed E-state index contributed by atoms with van der Waals surface area (Å²) in [5, 5.41) is 0. The Kier molecular flexibility index (Phi) is 20.8. The van der Waals surface area contributed by atoms with E-state index in [4.69, 9.17) is 0 Å². The van der Waals surface area contributed by atoms with Gasteiger partial charge in [0.1, 0.15) is 0 Å². The van der Waals surface area contributed by atoms with Gasteiger partial charge in [-0.1, -0.05) is 13.8 Å². The van der Waals surface area contributed by atoms with Crippen LogP contribution in [0.3, 0.4) is 0 Å². The Hall–Kier alpha value is 0.799. The van der Waals surface area contributed by atoms with Crippen LogP contribution in [0.4, 0.5) is 0 Å². The van der Waals surface area contributed by atoms with Crippen LogP contribution < -0.4 is 0 Å². The SMILES string of the molecule is CC.CCC[CH2][SnH]([CH2]CCC)[CH2]CCC. The molecule has 0 aromatic rings. The number of hydrogen-bond acceptors (Lipinski definition) is 0. The van der Waals surface area contributed by atoms with Crippen molar-refractivity contribution >= 4 is 19.8 Å². The van der Waals surface area contributed by atoms with Gasteiger partial charge in [0.2, 0.25) is 0 Å². The van der Waals surface area contributed by atoms with Crippen molar-refractivity contribution in [2.24, 2.45) is 0 Å². The Morgan fingerprint density at radius 1 is 0.600 bits per heavy atom. The second kappa shape index (κ2) is 17.2. The molecule has 0 amide bonds. The van der Waals surface area contributed by atoms with Crippen molar-refractivity contribution in [1.29, 1.82) is 0 Å². The van der Waals surface area contributed by atoms with E-state index in [1.807, 2.05) is 13.8 Å². The number of unbranched alkanes of at least 4 members (excludes halogenated alkanes) is 3. The molecule has 0 N–H and O–H groups in total. The van der Waals surface area contributed by atoms with E-state index < -0.39 is 19.8 Å². The van der Waals surface area contributed by atoms with Gasteiger partial charge in [-0.2, -0.15) is 0 Å². The van der Waals surface area contributed by atoms with Crippen molar-refractivity contribution in [3.8, 4) is 0 Å². The molecule has 0 atom stereocenters. The first-order valence-corrected chi connectivity index (χ1v) is 14.3. The molecule has 0 rings (SSSR count). The van der Waals surface area contributed by atoms with Crippen molar-refractivity contribution in [3.05, 3.63) is 0 Å². The zero-order chi connectivity index (χ0) is 11.9. The number of rotatable bonds is 9. The molecular weight excluding hydrogens is 287 g/mol. The summed E-state index contributed by atoms with van der Waals surface area (Å²) < 4.78 is 5.08. The van der Waals surface area contributed by atoms with Gasteiger partial charge in [-0.05, 0) is 0 Å². The zero-order valence-corrected chi connectivity index (χ0v) is 15.2. The maximum absolute atomic E-state index is 2.34. The normalized spacial score (nSPS) is 10.0. The zero-order valence-electron chi connectivity index (χ0n) is 11.9. The molecule has 0 fully saturated rings. The maximum atomic E-state index is 2.34. The van der Waals surface area contributed by atoms with Crippen LogP contribution in [0.5, 0.6) is 0 Å². The summed E-state index contributed by atoms with van der Waals surface area (Å²) in [5.41, 5.74) is 0. The molecule has 0 aliphatic heterocycles. The topological polar surface area (TPSA) is 0 Å². The van der Waals surface area contributed by atoms with Gasteiger partial charge < -0.3 is 0 Å². The molecule has 0 saturated heterocycles. The second-order valence-corrected chi connectivity index (χ2v) is 14.2. The third-order valence-electron chi connectivity index (χ3n) is 2.90. The Labute approximate surface area is 106 Å². The molecule has 0 heterocycles. The van der Waals surface area contributed by atoms with E-state index in [0.29, 0.717) is 0 Å². The molecule has 94 valence electrons. The molecule has 0 nitrogen and oxygen atoms in total. The average Bonchev–Trinajstić information content (AvgIpc) is 2.31. The van der Waals surface area contributed by atoms with Crippen molar-refractivity contribution < 1.29 is 0 Å². The molecule has 0 aliphatic carbocycles. The van der Waals surface area contributed by atoms with Crippen LogP contribution in [-0.4, -0.2) is 19.8 Å². The summed E-state index contributed by atoms with van der Waals surface area (Å²) >= 11 is -0.967. The Bertz CT molecular complexity index is 72.3. The van der Waals surface area contributed by atoms with E-state index in [2.05, 4.69) is 20.8 Å². The van der Waals surface area contributed by atoms with Crippen LogP contribution in [0, 0.1) is 0 Å². The van der Waals surface area contributed by atoms with E-state index in [9.17, 15) is 0 Å². The van der Waals surface area contributed by atoms with Crippen molar-refractivity contribution in [3.63, 3.8) is 0 Å². The predicted octanol–water partition coefficient (Wildman–Crippen LogP) is 5.64. The molecule has 0 radical (unpaired) electrons. The third kappa shape index (κ3) is 14.8. The Morgan fingerprint density at radius 3 is 1.07 bits per heavy atom. The minimum absolute atomic E-state index is 0.967. The van der Waals surface area contributed by atoms with Crippen molar-refractivity contribution in [1.82, 2.24) is 0 Å². The van der Waals surface area contributed by atoms with Crippen LogP contribution >= 0.6 is 0 Å². The van der Waals surface area contributed by atoms with Crippen LogP contribution in [0.1, 0.15) is 73.1 Å². The monoisotopic (exact) mass is 322 g/mol. The molecule has 0 aromatic carbocycles. The summed E-state index contributed by atoms with van der Waals surface area (Å²) in [6, 6.07) is 0. The van der Waals surface area contributed by atoms with Crippen LogP contribution in [0.25, 0.3) is 0 Å². The predicted molar refractivity (Wildman–Crippen MR) is 77.6 cm³/mol. The van der Waals surface area contributed by atoms with E-state index >= 15 is 0 Å². The summed E-state index contributed by atoms with van der Waals surface area (Å²) in [6.45, 7) is 11.0. The van der Waals surface area contributed by atoms with Gasteiger partial charge in [0.05, 0.1) is 0 Å². The average molecular weight is 321 g/mol. The first kappa shape index (κ1) is 18.2. The summed E-state index contributed by atoms with van der Waals surface area (Å²) in [5.74, 6) is 0. The standard InChI is InChI=1S/3C4H9.C2H6.Sn.H/c3*1-3-4-2;1-2;;/h3*1,3-4H2,2H3;1-2H3;;. The van der Waals surface area contributed by atoms with Crippen molar-refractivity contribution in [2.75, 3.05) is 0 Å². The van der Waals surface area contributed by atoms with Crippen LogP contribution in [-0.2, 0) is 0 Å². The summed E-state index contributed by atoms with van der Waals surface area (Å²) in [6.07, 6.45) is 8.87. The van der Waals surface area contributed by atoms with Gasteiger partial charge in [0.25, 0.3) is 0 Å². The molecule has 0 unspecified atom stereocenters. The van der Waals surface area contributed by atoms with Gasteiger partial charge in [0.15, 0.2) is 0 Å². The van der Waals surface area contributed by atoms with E-state index in [1.54, 1.807) is 13.3 Å². The Balaban J connectivity index is 0.